The second-order valence-electron chi connectivity index (χ2n) is 5.99. The molecule has 136 valence electrons. The standard InChI is InChI=1S/C16H16F3NO4S/c17-16(18,19)11-3-5-12(6-4-11)25(22,23)20-10-15(21)8-1-2-14-13(15)7-9-24-14/h3-7,9,20-21H,1-2,8,10H2. The van der Waals surface area contributed by atoms with Crippen molar-refractivity contribution in [2.75, 3.05) is 6.54 Å². The molecule has 1 aliphatic rings. The Hall–Kier alpha value is -1.84. The van der Waals surface area contributed by atoms with Crippen LogP contribution < -0.4 is 4.72 Å². The minimum Gasteiger partial charge on any atom is -0.469 e. The normalized spacial score (nSPS) is 21.1. The number of fused-ring (bicyclic) bond motifs is 1. The number of hydrogen-bond acceptors (Lipinski definition) is 4. The molecule has 3 rings (SSSR count). The molecule has 0 fully saturated rings. The highest BCUT2D eigenvalue weighted by molar-refractivity contribution is 7.89. The highest BCUT2D eigenvalue weighted by Gasteiger charge is 2.37. The highest BCUT2D eigenvalue weighted by atomic mass is 32.2. The maximum atomic E-state index is 12.6. The monoisotopic (exact) mass is 375 g/mol. The Labute approximate surface area is 142 Å². The summed E-state index contributed by atoms with van der Waals surface area (Å²) in [6.45, 7) is -0.289. The summed E-state index contributed by atoms with van der Waals surface area (Å²) in [6.07, 6.45) is -1.44. The number of alkyl halides is 3. The molecule has 1 aromatic heterocycles. The Balaban J connectivity index is 1.77. The largest absolute Gasteiger partial charge is 0.469 e. The first-order valence-electron chi connectivity index (χ1n) is 7.58. The number of halogens is 3. The van der Waals surface area contributed by atoms with E-state index in [0.717, 1.165) is 12.1 Å². The first kappa shape index (κ1) is 18.0. The number of hydrogen-bond donors (Lipinski definition) is 2. The van der Waals surface area contributed by atoms with E-state index in [-0.39, 0.29) is 11.4 Å². The fourth-order valence-electron chi connectivity index (χ4n) is 2.93. The lowest BCUT2D eigenvalue weighted by Gasteiger charge is -2.31. The molecule has 1 unspecified atom stereocenters. The summed E-state index contributed by atoms with van der Waals surface area (Å²) in [4.78, 5) is -0.299. The zero-order valence-electron chi connectivity index (χ0n) is 13.0. The maximum Gasteiger partial charge on any atom is 0.416 e. The summed E-state index contributed by atoms with van der Waals surface area (Å²) >= 11 is 0. The molecule has 25 heavy (non-hydrogen) atoms. The topological polar surface area (TPSA) is 79.5 Å². The maximum absolute atomic E-state index is 12.6. The molecule has 0 saturated carbocycles. The van der Waals surface area contributed by atoms with Crippen molar-refractivity contribution < 1.29 is 31.1 Å². The van der Waals surface area contributed by atoms with E-state index in [4.69, 9.17) is 4.42 Å². The second kappa shape index (κ2) is 6.15. The van der Waals surface area contributed by atoms with Gasteiger partial charge >= 0.3 is 6.18 Å². The van der Waals surface area contributed by atoms with E-state index in [0.29, 0.717) is 42.7 Å². The Morgan fingerprint density at radius 2 is 1.88 bits per heavy atom. The number of aryl methyl sites for hydroxylation is 1. The molecule has 0 amide bonds. The predicted octanol–water partition coefficient (Wildman–Crippen LogP) is 2.80. The number of aliphatic hydroxyl groups is 1. The summed E-state index contributed by atoms with van der Waals surface area (Å²) in [5.41, 5.74) is -1.80. The SMILES string of the molecule is O=S(=O)(NCC1(O)CCCc2occc21)c1ccc(C(F)(F)F)cc1. The molecule has 2 N–H and O–H groups in total. The second-order valence-corrected chi connectivity index (χ2v) is 7.76. The molecule has 0 bridgehead atoms. The number of sulfonamides is 1. The van der Waals surface area contributed by atoms with Crippen molar-refractivity contribution in [3.05, 3.63) is 53.5 Å². The van der Waals surface area contributed by atoms with Gasteiger partial charge in [-0.25, -0.2) is 13.1 Å². The molecule has 0 radical (unpaired) electrons. The van der Waals surface area contributed by atoms with Crippen molar-refractivity contribution in [2.45, 2.75) is 35.9 Å². The van der Waals surface area contributed by atoms with Gasteiger partial charge in [-0.2, -0.15) is 13.2 Å². The zero-order chi connectivity index (χ0) is 18.3. The van der Waals surface area contributed by atoms with Gasteiger partial charge in [0, 0.05) is 18.5 Å². The Morgan fingerprint density at radius 3 is 2.52 bits per heavy atom. The summed E-state index contributed by atoms with van der Waals surface area (Å²) in [5.74, 6) is 0.613. The van der Waals surface area contributed by atoms with Gasteiger partial charge in [-0.15, -0.1) is 0 Å². The molecule has 0 saturated heterocycles. The van der Waals surface area contributed by atoms with Crippen LogP contribution in [0.25, 0.3) is 0 Å². The quantitative estimate of drug-likeness (QED) is 0.861. The van der Waals surface area contributed by atoms with E-state index < -0.39 is 27.4 Å². The highest BCUT2D eigenvalue weighted by Crippen LogP contribution is 2.36. The van der Waals surface area contributed by atoms with Crippen LogP contribution in [0.3, 0.4) is 0 Å². The lowest BCUT2D eigenvalue weighted by Crippen LogP contribution is -2.42. The fourth-order valence-corrected chi connectivity index (χ4v) is 4.02. The van der Waals surface area contributed by atoms with E-state index in [9.17, 15) is 26.7 Å². The van der Waals surface area contributed by atoms with Crippen molar-refractivity contribution in [3.63, 3.8) is 0 Å². The van der Waals surface area contributed by atoms with Crippen molar-refractivity contribution in [3.8, 4) is 0 Å². The van der Waals surface area contributed by atoms with E-state index in [1.54, 1.807) is 6.07 Å². The first-order valence-corrected chi connectivity index (χ1v) is 9.06. The summed E-state index contributed by atoms with van der Waals surface area (Å²) in [6, 6.07) is 4.79. The minimum atomic E-state index is -4.54. The van der Waals surface area contributed by atoms with Crippen molar-refractivity contribution in [2.24, 2.45) is 0 Å². The van der Waals surface area contributed by atoms with Gasteiger partial charge in [0.2, 0.25) is 10.0 Å². The van der Waals surface area contributed by atoms with Crippen LogP contribution >= 0.6 is 0 Å². The number of rotatable bonds is 4. The van der Waals surface area contributed by atoms with Gasteiger partial charge in [0.05, 0.1) is 16.7 Å². The van der Waals surface area contributed by atoms with Gasteiger partial charge < -0.3 is 9.52 Å². The number of nitrogens with one attached hydrogen (secondary N) is 1. The minimum absolute atomic E-state index is 0.289. The van der Waals surface area contributed by atoms with Gasteiger partial charge in [0.1, 0.15) is 11.4 Å². The molecular weight excluding hydrogens is 359 g/mol. The fraction of sp³-hybridized carbons (Fsp3) is 0.375. The average molecular weight is 375 g/mol. The smallest absolute Gasteiger partial charge is 0.416 e. The summed E-state index contributed by atoms with van der Waals surface area (Å²) in [5, 5.41) is 10.7. The molecule has 1 aliphatic carbocycles. The van der Waals surface area contributed by atoms with Gasteiger partial charge in [0.15, 0.2) is 0 Å². The molecule has 1 aromatic carbocycles. The van der Waals surface area contributed by atoms with E-state index in [1.807, 2.05) is 0 Å². The molecule has 0 aliphatic heterocycles. The van der Waals surface area contributed by atoms with Crippen molar-refractivity contribution in [1.29, 1.82) is 0 Å². The molecule has 2 aromatic rings. The number of benzene rings is 1. The van der Waals surface area contributed by atoms with Crippen LogP contribution in [0.4, 0.5) is 13.2 Å². The molecular formula is C16H16F3NO4S. The van der Waals surface area contributed by atoms with Gasteiger partial charge in [-0.05, 0) is 43.2 Å². The van der Waals surface area contributed by atoms with E-state index in [1.165, 1.54) is 6.26 Å². The lowest BCUT2D eigenvalue weighted by atomic mass is 9.83. The Bertz CT molecular complexity index is 858. The average Bonchev–Trinajstić information content (AvgIpc) is 3.03. The summed E-state index contributed by atoms with van der Waals surface area (Å²) in [7, 11) is -4.05. The van der Waals surface area contributed by atoms with Gasteiger partial charge in [0.25, 0.3) is 0 Å². The van der Waals surface area contributed by atoms with E-state index in [2.05, 4.69) is 4.72 Å². The van der Waals surface area contributed by atoms with Crippen molar-refractivity contribution in [1.82, 2.24) is 4.72 Å². The van der Waals surface area contributed by atoms with E-state index >= 15 is 0 Å². The van der Waals surface area contributed by atoms with Gasteiger partial charge in [-0.3, -0.25) is 0 Å². The lowest BCUT2D eigenvalue weighted by molar-refractivity contribution is -0.137. The van der Waals surface area contributed by atoms with Crippen LogP contribution in [0, 0.1) is 0 Å². The van der Waals surface area contributed by atoms with Crippen LogP contribution in [0.5, 0.6) is 0 Å². The third kappa shape index (κ3) is 3.58. The Morgan fingerprint density at radius 1 is 1.20 bits per heavy atom. The molecule has 9 heteroatoms. The third-order valence-electron chi connectivity index (χ3n) is 4.29. The van der Waals surface area contributed by atoms with Crippen LogP contribution in [0.1, 0.15) is 29.7 Å². The van der Waals surface area contributed by atoms with Crippen LogP contribution in [0.15, 0.2) is 45.9 Å². The molecule has 5 nitrogen and oxygen atoms in total. The molecule has 1 atom stereocenters. The van der Waals surface area contributed by atoms with Crippen LogP contribution in [-0.2, 0) is 28.2 Å². The van der Waals surface area contributed by atoms with Crippen molar-refractivity contribution >= 4 is 10.0 Å². The zero-order valence-corrected chi connectivity index (χ0v) is 13.8. The predicted molar refractivity (Wildman–Crippen MR) is 82.2 cm³/mol. The molecule has 1 heterocycles. The van der Waals surface area contributed by atoms with Crippen LogP contribution in [0.2, 0.25) is 0 Å². The van der Waals surface area contributed by atoms with Gasteiger partial charge in [-0.1, -0.05) is 0 Å². The Kier molecular flexibility index (Phi) is 4.42. The van der Waals surface area contributed by atoms with Crippen LogP contribution in [-0.4, -0.2) is 20.1 Å². The summed E-state index contributed by atoms with van der Waals surface area (Å²) < 4.78 is 69.8. The molecule has 0 spiro atoms. The third-order valence-corrected chi connectivity index (χ3v) is 5.70. The number of furan rings is 1. The first-order chi connectivity index (χ1) is 11.6.